The number of aryl methyl sites for hydroxylation is 2. The normalized spacial score (nSPS) is 17.2. The van der Waals surface area contributed by atoms with Gasteiger partial charge >= 0.3 is 35.9 Å². The third kappa shape index (κ3) is 18.0. The van der Waals surface area contributed by atoms with Crippen LogP contribution in [0.2, 0.25) is 0 Å². The van der Waals surface area contributed by atoms with Crippen molar-refractivity contribution in [3.05, 3.63) is 119 Å². The Morgan fingerprint density at radius 3 is 1.51 bits per heavy atom. The van der Waals surface area contributed by atoms with Crippen LogP contribution in [0.15, 0.2) is 96.5 Å². The molecule has 21 heteroatoms. The Hall–Kier alpha value is -7.62. The zero-order chi connectivity index (χ0) is 56.0. The van der Waals surface area contributed by atoms with Crippen LogP contribution in [0, 0.1) is 25.7 Å². The van der Waals surface area contributed by atoms with Gasteiger partial charge in [-0.25, -0.2) is 24.4 Å². The maximum absolute atomic E-state index is 13.3. The van der Waals surface area contributed by atoms with Crippen molar-refractivity contribution in [3.8, 4) is 20.9 Å². The van der Waals surface area contributed by atoms with Crippen molar-refractivity contribution in [1.29, 1.82) is 0 Å². The average Bonchev–Trinajstić information content (AvgIpc) is 4.13. The maximum Gasteiger partial charge on any atom is 0.413 e. The minimum atomic E-state index is -1.59. The molecule has 6 N–H and O–H groups in total. The predicted molar refractivity (Wildman–Crippen MR) is 300 cm³/mol. The zero-order valence-electron chi connectivity index (χ0n) is 45.1. The molecule has 6 heterocycles. The highest BCUT2D eigenvalue weighted by molar-refractivity contribution is 7.13. The molecule has 0 spiro atoms. The SMILES string of the molecule is CC1CCC(c2ccc(-c3cncs3)cc2)NC1.Cc1cc(NC(=O)C(=O)N2CC(C)CCC2c2ccc(-c3cncs3)cc2)cnc1NC(=O)OC(C)(C)C.Cc1cc(NC(=O)C(=O)O)cnc1NC(=O)OC(C)(C)C. The second-order valence-electron chi connectivity index (χ2n) is 21.0. The largest absolute Gasteiger partial charge is 0.474 e. The van der Waals surface area contributed by atoms with Gasteiger partial charge < -0.3 is 35.4 Å². The van der Waals surface area contributed by atoms with Gasteiger partial charge in [-0.3, -0.25) is 35.0 Å². The molecule has 2 aliphatic heterocycles. The van der Waals surface area contributed by atoms with E-state index in [1.165, 1.54) is 47.3 Å². The highest BCUT2D eigenvalue weighted by atomic mass is 32.1. The van der Waals surface area contributed by atoms with E-state index in [2.05, 4.69) is 84.6 Å². The fraction of sp³-hybridized carbons (Fsp3) is 0.393. The Balaban J connectivity index is 0.000000207. The number of carboxylic acids is 1. The summed E-state index contributed by atoms with van der Waals surface area (Å²) in [6, 6.07) is 20.5. The number of piperidine rings is 2. The number of carboxylic acid groups (broad SMARTS) is 1. The first-order chi connectivity index (χ1) is 36.4. The summed E-state index contributed by atoms with van der Waals surface area (Å²) in [6.07, 6.45) is 9.47. The Bertz CT molecular complexity index is 2970. The van der Waals surface area contributed by atoms with E-state index in [0.29, 0.717) is 41.1 Å². The molecule has 0 aliphatic carbocycles. The lowest BCUT2D eigenvalue weighted by Crippen LogP contribution is -2.46. The Morgan fingerprint density at radius 2 is 1.09 bits per heavy atom. The first-order valence-corrected chi connectivity index (χ1v) is 27.0. The van der Waals surface area contributed by atoms with E-state index in [1.807, 2.05) is 42.2 Å². The lowest BCUT2D eigenvalue weighted by molar-refractivity contribution is -0.147. The monoisotopic (exact) mass is 1090 g/mol. The molecule has 8 rings (SSSR count). The number of thiazole rings is 2. The number of benzene rings is 2. The lowest BCUT2D eigenvalue weighted by atomic mass is 9.89. The number of ether oxygens (including phenoxy) is 2. The molecule has 19 nitrogen and oxygen atoms in total. The molecule has 4 atom stereocenters. The van der Waals surface area contributed by atoms with E-state index in [-0.39, 0.29) is 17.5 Å². The summed E-state index contributed by atoms with van der Waals surface area (Å²) in [7, 11) is 0. The van der Waals surface area contributed by atoms with E-state index in [4.69, 9.17) is 14.6 Å². The molecular formula is C56H68N10O9S2. The minimum Gasteiger partial charge on any atom is -0.474 e. The van der Waals surface area contributed by atoms with Crippen LogP contribution < -0.4 is 26.6 Å². The van der Waals surface area contributed by atoms with Crippen molar-refractivity contribution in [1.82, 2.24) is 30.2 Å². The number of anilines is 4. The Morgan fingerprint density at radius 1 is 0.623 bits per heavy atom. The van der Waals surface area contributed by atoms with Gasteiger partial charge in [-0.15, -0.1) is 22.7 Å². The molecule has 0 bridgehead atoms. The van der Waals surface area contributed by atoms with Gasteiger partial charge in [-0.2, -0.15) is 0 Å². The van der Waals surface area contributed by atoms with Gasteiger partial charge in [0.1, 0.15) is 22.8 Å². The molecule has 408 valence electrons. The van der Waals surface area contributed by atoms with Crippen LogP contribution in [0.4, 0.5) is 32.6 Å². The van der Waals surface area contributed by atoms with Crippen LogP contribution in [0.25, 0.3) is 20.9 Å². The van der Waals surface area contributed by atoms with E-state index in [0.717, 1.165) is 41.3 Å². The molecule has 4 unspecified atom stereocenters. The molecular weight excluding hydrogens is 1020 g/mol. The van der Waals surface area contributed by atoms with Crippen LogP contribution in [0.5, 0.6) is 0 Å². The van der Waals surface area contributed by atoms with Crippen molar-refractivity contribution in [2.24, 2.45) is 11.8 Å². The number of hydrogen-bond acceptors (Lipinski definition) is 15. The predicted octanol–water partition coefficient (Wildman–Crippen LogP) is 11.4. The molecule has 2 aliphatic rings. The van der Waals surface area contributed by atoms with Crippen molar-refractivity contribution in [2.45, 2.75) is 118 Å². The number of carbonyl (C=O) groups excluding carboxylic acids is 5. The van der Waals surface area contributed by atoms with Crippen LogP contribution in [-0.2, 0) is 28.7 Å². The van der Waals surface area contributed by atoms with Crippen LogP contribution >= 0.6 is 22.7 Å². The number of nitrogens with zero attached hydrogens (tertiary/aromatic N) is 5. The van der Waals surface area contributed by atoms with E-state index in [1.54, 1.807) is 94.5 Å². The molecule has 2 fully saturated rings. The summed E-state index contributed by atoms with van der Waals surface area (Å²) in [5.74, 6) is -2.37. The van der Waals surface area contributed by atoms with Crippen LogP contribution in [-0.4, -0.2) is 90.1 Å². The first-order valence-electron chi connectivity index (χ1n) is 25.2. The quantitative estimate of drug-likeness (QED) is 0.0775. The number of pyridine rings is 2. The molecule has 6 aromatic rings. The third-order valence-corrected chi connectivity index (χ3v) is 13.7. The number of likely N-dealkylation sites (tertiary alicyclic amines) is 1. The summed E-state index contributed by atoms with van der Waals surface area (Å²) in [6.45, 7) is 20.0. The number of hydrogen-bond donors (Lipinski definition) is 6. The molecule has 77 heavy (non-hydrogen) atoms. The van der Waals surface area contributed by atoms with Crippen molar-refractivity contribution in [3.63, 3.8) is 0 Å². The Labute approximate surface area is 457 Å². The van der Waals surface area contributed by atoms with Gasteiger partial charge in [0.05, 0.1) is 50.6 Å². The number of carbonyl (C=O) groups is 6. The average molecular weight is 1090 g/mol. The zero-order valence-corrected chi connectivity index (χ0v) is 46.7. The second kappa shape index (κ2) is 26.4. The second-order valence-corrected chi connectivity index (χ2v) is 22.8. The standard InChI is InChI=1S/C28H33N5O4S.C15H18N2S.C13H17N3O5/c1-17-6-11-22(19-7-9-20(10-8-19)23-14-29-16-38-23)33(15-17)26(35)25(34)31-21-12-18(2)24(30-13-21)32-27(36)37-28(3,4)5;1-11-2-7-14(17-8-11)12-3-5-13(6-4-12)15-9-16-10-18-15;1-7-5-8(15-10(17)11(18)19)6-14-9(7)16-12(20)21-13(2,3)4/h7-10,12-14,16-17,22H,6,11,15H2,1-5H3,(H,31,34)(H,30,32,36);3-6,9-11,14,17H,2,7-8H2,1H3;5-6H,1-4H3,(H,15,17)(H,18,19)(H,14,16,20). The summed E-state index contributed by atoms with van der Waals surface area (Å²) in [5.41, 5.74) is 8.91. The number of rotatable bonds is 8. The summed E-state index contributed by atoms with van der Waals surface area (Å²) in [4.78, 5) is 91.9. The van der Waals surface area contributed by atoms with Gasteiger partial charge in [-0.05, 0) is 145 Å². The molecule has 0 radical (unpaired) electrons. The molecule has 5 amide bonds. The minimum absolute atomic E-state index is 0.180. The van der Waals surface area contributed by atoms with Crippen molar-refractivity contribution < 1.29 is 43.3 Å². The molecule has 2 aromatic carbocycles. The number of amides is 5. The summed E-state index contributed by atoms with van der Waals surface area (Å²) < 4.78 is 10.3. The Kier molecular flexibility index (Phi) is 20.1. The van der Waals surface area contributed by atoms with E-state index >= 15 is 0 Å². The highest BCUT2D eigenvalue weighted by Gasteiger charge is 2.34. The first kappa shape index (κ1) is 58.6. The van der Waals surface area contributed by atoms with Crippen LogP contribution in [0.3, 0.4) is 0 Å². The van der Waals surface area contributed by atoms with Gasteiger partial charge in [0.2, 0.25) is 0 Å². The number of aromatic nitrogens is 4. The topological polar surface area (TPSA) is 256 Å². The highest BCUT2D eigenvalue weighted by Crippen LogP contribution is 2.35. The molecule has 4 aromatic heterocycles. The van der Waals surface area contributed by atoms with E-state index in [9.17, 15) is 28.8 Å². The maximum atomic E-state index is 13.3. The van der Waals surface area contributed by atoms with Gasteiger partial charge in [0.15, 0.2) is 0 Å². The van der Waals surface area contributed by atoms with Gasteiger partial charge in [-0.1, -0.05) is 62.4 Å². The molecule has 2 saturated heterocycles. The fourth-order valence-electron chi connectivity index (χ4n) is 8.32. The smallest absolute Gasteiger partial charge is 0.413 e. The van der Waals surface area contributed by atoms with Crippen LogP contribution in [0.1, 0.15) is 115 Å². The van der Waals surface area contributed by atoms with Crippen molar-refractivity contribution >= 4 is 81.6 Å². The molecule has 0 saturated carbocycles. The van der Waals surface area contributed by atoms with Crippen molar-refractivity contribution in [2.75, 3.05) is 34.4 Å². The number of nitrogens with one attached hydrogen (secondary N) is 5. The number of aliphatic carboxylic acids is 1. The van der Waals surface area contributed by atoms with Gasteiger partial charge in [0, 0.05) is 25.0 Å². The summed E-state index contributed by atoms with van der Waals surface area (Å²) >= 11 is 3.27. The van der Waals surface area contributed by atoms with E-state index < -0.39 is 47.1 Å². The lowest BCUT2D eigenvalue weighted by Gasteiger charge is -2.38. The fourth-order valence-corrected chi connectivity index (χ4v) is 9.58. The van der Waals surface area contributed by atoms with Gasteiger partial charge in [0.25, 0.3) is 0 Å². The summed E-state index contributed by atoms with van der Waals surface area (Å²) in [5, 5.41) is 22.0. The third-order valence-electron chi connectivity index (χ3n) is 12.1.